The lowest BCUT2D eigenvalue weighted by Gasteiger charge is -2.23. The predicted octanol–water partition coefficient (Wildman–Crippen LogP) is 2.02. The van der Waals surface area contributed by atoms with Crippen LogP contribution in [0.3, 0.4) is 0 Å². The summed E-state index contributed by atoms with van der Waals surface area (Å²) in [7, 11) is 1.60. The molecule has 98 valence electrons. The molecule has 2 rings (SSSR count). The van der Waals surface area contributed by atoms with Crippen molar-refractivity contribution in [3.8, 4) is 5.75 Å². The number of Topliss-reactive ketones (excluding diaryl/α,β-unsaturated/α-hetero) is 1. The molecule has 0 aromatic heterocycles. The molecule has 5 heteroatoms. The van der Waals surface area contributed by atoms with Crippen molar-refractivity contribution in [3.05, 3.63) is 28.2 Å². The van der Waals surface area contributed by atoms with Gasteiger partial charge >= 0.3 is 0 Å². The van der Waals surface area contributed by atoms with Crippen LogP contribution in [-0.2, 0) is 4.74 Å². The lowest BCUT2D eigenvalue weighted by atomic mass is 10.0. The van der Waals surface area contributed by atoms with Crippen LogP contribution in [0.25, 0.3) is 0 Å². The molecular formula is C13H16BrNO3. The Morgan fingerprint density at radius 2 is 2.44 bits per heavy atom. The molecule has 1 saturated heterocycles. The van der Waals surface area contributed by atoms with Crippen molar-refractivity contribution >= 4 is 21.7 Å². The van der Waals surface area contributed by atoms with Gasteiger partial charge in [0, 0.05) is 24.6 Å². The van der Waals surface area contributed by atoms with Crippen LogP contribution in [0.4, 0.5) is 0 Å². The average Bonchev–Trinajstić information content (AvgIpc) is 2.39. The highest BCUT2D eigenvalue weighted by Gasteiger charge is 2.18. The van der Waals surface area contributed by atoms with Gasteiger partial charge in [-0.25, -0.2) is 0 Å². The van der Waals surface area contributed by atoms with E-state index in [4.69, 9.17) is 9.47 Å². The zero-order chi connectivity index (χ0) is 13.0. The minimum Gasteiger partial charge on any atom is -0.496 e. The molecule has 1 aromatic carbocycles. The number of ether oxygens (including phenoxy) is 2. The number of rotatable bonds is 4. The second-order valence-electron chi connectivity index (χ2n) is 4.20. The van der Waals surface area contributed by atoms with Gasteiger partial charge in [-0.05, 0) is 34.1 Å². The summed E-state index contributed by atoms with van der Waals surface area (Å²) in [5.41, 5.74) is 0.690. The van der Waals surface area contributed by atoms with Gasteiger partial charge in [0.1, 0.15) is 5.75 Å². The number of hydrogen-bond donors (Lipinski definition) is 1. The Morgan fingerprint density at radius 3 is 3.06 bits per heavy atom. The first-order valence-corrected chi connectivity index (χ1v) is 6.68. The molecule has 1 fully saturated rings. The van der Waals surface area contributed by atoms with Crippen LogP contribution in [0.15, 0.2) is 22.7 Å². The van der Waals surface area contributed by atoms with Crippen molar-refractivity contribution in [3.63, 3.8) is 0 Å². The Bertz CT molecular complexity index is 430. The molecule has 1 aliphatic rings. The van der Waals surface area contributed by atoms with Crippen molar-refractivity contribution in [2.75, 3.05) is 26.9 Å². The highest BCUT2D eigenvalue weighted by Crippen LogP contribution is 2.26. The summed E-state index contributed by atoms with van der Waals surface area (Å²) in [5.74, 6) is 0.840. The third-order valence-corrected chi connectivity index (χ3v) is 3.52. The molecule has 0 spiro atoms. The normalized spacial score (nSPS) is 19.6. The largest absolute Gasteiger partial charge is 0.496 e. The van der Waals surface area contributed by atoms with Gasteiger partial charge in [0.15, 0.2) is 5.78 Å². The second-order valence-corrected chi connectivity index (χ2v) is 5.06. The van der Waals surface area contributed by atoms with Crippen molar-refractivity contribution in [1.29, 1.82) is 0 Å². The van der Waals surface area contributed by atoms with E-state index >= 15 is 0 Å². The maximum Gasteiger partial charge on any atom is 0.164 e. The van der Waals surface area contributed by atoms with E-state index in [1.54, 1.807) is 25.3 Å². The van der Waals surface area contributed by atoms with Crippen molar-refractivity contribution in [2.24, 2.45) is 0 Å². The molecule has 1 unspecified atom stereocenters. The molecule has 0 amide bonds. The molecule has 1 aliphatic heterocycles. The van der Waals surface area contributed by atoms with Gasteiger partial charge in [0.05, 0.1) is 24.8 Å². The molecule has 0 radical (unpaired) electrons. The number of methoxy groups -OCH3 is 1. The number of nitrogens with one attached hydrogen (secondary N) is 1. The minimum atomic E-state index is 0.112. The van der Waals surface area contributed by atoms with Crippen LogP contribution in [0.2, 0.25) is 0 Å². The summed E-state index contributed by atoms with van der Waals surface area (Å²) in [6.07, 6.45) is 0.457. The van der Waals surface area contributed by atoms with E-state index in [1.165, 1.54) is 0 Å². The van der Waals surface area contributed by atoms with Crippen LogP contribution in [0, 0.1) is 0 Å². The number of halogens is 1. The number of ketones is 1. The van der Waals surface area contributed by atoms with E-state index in [1.807, 2.05) is 0 Å². The van der Waals surface area contributed by atoms with Gasteiger partial charge in [0.25, 0.3) is 0 Å². The topological polar surface area (TPSA) is 47.6 Å². The van der Waals surface area contributed by atoms with Crippen molar-refractivity contribution in [1.82, 2.24) is 5.32 Å². The number of carbonyl (C=O) groups excluding carboxylic acids is 1. The maximum absolute atomic E-state index is 12.1. The highest BCUT2D eigenvalue weighted by atomic mass is 79.9. The first-order chi connectivity index (χ1) is 8.70. The average molecular weight is 314 g/mol. The van der Waals surface area contributed by atoms with E-state index in [0.717, 1.165) is 23.4 Å². The third kappa shape index (κ3) is 3.31. The van der Waals surface area contributed by atoms with Crippen molar-refractivity contribution < 1.29 is 14.3 Å². The van der Waals surface area contributed by atoms with E-state index < -0.39 is 0 Å². The molecule has 1 aromatic rings. The lowest BCUT2D eigenvalue weighted by molar-refractivity contribution is 0.0676. The molecule has 1 N–H and O–H groups in total. The summed E-state index contributed by atoms with van der Waals surface area (Å²) in [4.78, 5) is 12.1. The minimum absolute atomic E-state index is 0.112. The monoisotopic (exact) mass is 313 g/mol. The van der Waals surface area contributed by atoms with Crippen LogP contribution >= 0.6 is 15.9 Å². The number of carbonyl (C=O) groups is 1. The zero-order valence-corrected chi connectivity index (χ0v) is 11.8. The third-order valence-electron chi connectivity index (χ3n) is 2.90. The van der Waals surface area contributed by atoms with Crippen LogP contribution in [0.1, 0.15) is 16.8 Å². The lowest BCUT2D eigenvalue weighted by Crippen LogP contribution is -2.42. The van der Waals surface area contributed by atoms with Gasteiger partial charge in [-0.2, -0.15) is 0 Å². The van der Waals surface area contributed by atoms with Crippen LogP contribution < -0.4 is 10.1 Å². The van der Waals surface area contributed by atoms with E-state index in [9.17, 15) is 4.79 Å². The Morgan fingerprint density at radius 1 is 1.61 bits per heavy atom. The molecule has 4 nitrogen and oxygen atoms in total. The number of morpholine rings is 1. The SMILES string of the molecule is COc1ccc(C(=O)CC2COCCN2)cc1Br. The quantitative estimate of drug-likeness (QED) is 0.864. The van der Waals surface area contributed by atoms with E-state index in [-0.39, 0.29) is 11.8 Å². The fourth-order valence-electron chi connectivity index (χ4n) is 1.93. The standard InChI is InChI=1S/C13H16BrNO3/c1-17-13-3-2-9(6-11(13)14)12(16)7-10-8-18-5-4-15-10/h2-3,6,10,15H,4-5,7-8H2,1H3. The summed E-state index contributed by atoms with van der Waals surface area (Å²) < 4.78 is 11.3. The molecule has 0 aliphatic carbocycles. The highest BCUT2D eigenvalue weighted by molar-refractivity contribution is 9.10. The molecule has 18 heavy (non-hydrogen) atoms. The van der Waals surface area contributed by atoms with E-state index in [2.05, 4.69) is 21.2 Å². The Hall–Kier alpha value is -0.910. The first-order valence-electron chi connectivity index (χ1n) is 5.88. The maximum atomic E-state index is 12.1. The number of benzene rings is 1. The zero-order valence-electron chi connectivity index (χ0n) is 10.2. The summed E-state index contributed by atoms with van der Waals surface area (Å²) >= 11 is 3.38. The Balaban J connectivity index is 2.01. The van der Waals surface area contributed by atoms with Gasteiger partial charge in [0.2, 0.25) is 0 Å². The van der Waals surface area contributed by atoms with Crippen LogP contribution in [0.5, 0.6) is 5.75 Å². The fourth-order valence-corrected chi connectivity index (χ4v) is 2.47. The fraction of sp³-hybridized carbons (Fsp3) is 0.462. The predicted molar refractivity (Wildman–Crippen MR) is 72.3 cm³/mol. The Kier molecular flexibility index (Phi) is 4.74. The summed E-state index contributed by atoms with van der Waals surface area (Å²) in [6.45, 7) is 2.13. The molecule has 1 atom stereocenters. The Labute approximate surface area is 115 Å². The van der Waals surface area contributed by atoms with E-state index in [0.29, 0.717) is 18.6 Å². The second kappa shape index (κ2) is 6.31. The molecular weight excluding hydrogens is 298 g/mol. The van der Waals surface area contributed by atoms with Gasteiger partial charge in [-0.3, -0.25) is 4.79 Å². The summed E-state index contributed by atoms with van der Waals surface area (Å²) in [6, 6.07) is 5.50. The van der Waals surface area contributed by atoms with Crippen molar-refractivity contribution in [2.45, 2.75) is 12.5 Å². The molecule has 0 saturated carbocycles. The van der Waals surface area contributed by atoms with Crippen LogP contribution in [-0.4, -0.2) is 38.7 Å². The smallest absolute Gasteiger partial charge is 0.164 e. The molecule has 0 bridgehead atoms. The summed E-state index contributed by atoms with van der Waals surface area (Å²) in [5, 5.41) is 3.27. The van der Waals surface area contributed by atoms with Gasteiger partial charge in [-0.15, -0.1) is 0 Å². The van der Waals surface area contributed by atoms with Gasteiger partial charge in [-0.1, -0.05) is 0 Å². The van der Waals surface area contributed by atoms with Gasteiger partial charge < -0.3 is 14.8 Å². The molecule has 1 heterocycles. The first kappa shape index (κ1) is 13.5. The number of hydrogen-bond acceptors (Lipinski definition) is 4.